The Hall–Kier alpha value is -1.00. The number of ether oxygens (including phenoxy) is 1. The number of nitrogens with one attached hydrogen (secondary N) is 1. The van der Waals surface area contributed by atoms with Crippen molar-refractivity contribution in [3.63, 3.8) is 0 Å². The van der Waals surface area contributed by atoms with Gasteiger partial charge in [0.2, 0.25) is 0 Å². The first-order chi connectivity index (χ1) is 9.22. The van der Waals surface area contributed by atoms with Gasteiger partial charge in [-0.25, -0.2) is 8.78 Å². The molecule has 2 nitrogen and oxygen atoms in total. The molecule has 1 unspecified atom stereocenters. The van der Waals surface area contributed by atoms with Crippen LogP contribution in [0.3, 0.4) is 0 Å². The topological polar surface area (TPSA) is 21.3 Å². The lowest BCUT2D eigenvalue weighted by molar-refractivity contribution is 0.0144. The summed E-state index contributed by atoms with van der Waals surface area (Å²) in [4.78, 5) is 0. The molecular weight excluding hydrogens is 248 g/mol. The Morgan fingerprint density at radius 2 is 1.95 bits per heavy atom. The van der Waals surface area contributed by atoms with E-state index in [2.05, 4.69) is 24.4 Å². The zero-order valence-corrected chi connectivity index (χ0v) is 11.4. The molecule has 4 heteroatoms. The van der Waals surface area contributed by atoms with E-state index >= 15 is 0 Å². The van der Waals surface area contributed by atoms with E-state index < -0.39 is 13.0 Å². The van der Waals surface area contributed by atoms with Crippen molar-refractivity contribution < 1.29 is 13.5 Å². The lowest BCUT2D eigenvalue weighted by Crippen LogP contribution is -2.33. The van der Waals surface area contributed by atoms with Gasteiger partial charge in [-0.3, -0.25) is 0 Å². The lowest BCUT2D eigenvalue weighted by atomic mass is 10.0. The molecule has 1 rings (SSSR count). The third-order valence-electron chi connectivity index (χ3n) is 2.86. The van der Waals surface area contributed by atoms with E-state index in [1.165, 1.54) is 5.56 Å². The van der Waals surface area contributed by atoms with Crippen LogP contribution in [-0.4, -0.2) is 32.2 Å². The fraction of sp³-hybridized carbons (Fsp3) is 0.600. The minimum atomic E-state index is -2.38. The monoisotopic (exact) mass is 271 g/mol. The van der Waals surface area contributed by atoms with Gasteiger partial charge in [-0.1, -0.05) is 37.3 Å². The SMILES string of the molecule is CCCNC(CCOCC(F)F)Cc1ccccc1. The maximum absolute atomic E-state index is 12.0. The average Bonchev–Trinajstić information content (AvgIpc) is 2.41. The Bertz CT molecular complexity index is 319. The number of hydrogen-bond donors (Lipinski definition) is 1. The second-order valence-corrected chi connectivity index (χ2v) is 4.60. The van der Waals surface area contributed by atoms with Gasteiger partial charge in [0.15, 0.2) is 0 Å². The Morgan fingerprint density at radius 1 is 1.21 bits per heavy atom. The highest BCUT2D eigenvalue weighted by Crippen LogP contribution is 2.06. The molecule has 0 aromatic heterocycles. The molecule has 0 aliphatic carbocycles. The molecule has 0 spiro atoms. The Balaban J connectivity index is 2.34. The molecular formula is C15H23F2NO. The van der Waals surface area contributed by atoms with Crippen LogP contribution in [0.25, 0.3) is 0 Å². The van der Waals surface area contributed by atoms with Crippen LogP contribution in [0.5, 0.6) is 0 Å². The highest BCUT2D eigenvalue weighted by molar-refractivity contribution is 5.15. The third kappa shape index (κ3) is 7.90. The Morgan fingerprint density at radius 3 is 2.58 bits per heavy atom. The van der Waals surface area contributed by atoms with Gasteiger partial charge in [-0.05, 0) is 31.4 Å². The van der Waals surface area contributed by atoms with Crippen LogP contribution in [-0.2, 0) is 11.2 Å². The van der Waals surface area contributed by atoms with Gasteiger partial charge in [0, 0.05) is 12.6 Å². The van der Waals surface area contributed by atoms with Gasteiger partial charge < -0.3 is 10.1 Å². The second kappa shape index (κ2) is 9.87. The molecule has 1 N–H and O–H groups in total. The van der Waals surface area contributed by atoms with E-state index in [0.717, 1.165) is 25.8 Å². The molecule has 0 aliphatic rings. The van der Waals surface area contributed by atoms with Crippen LogP contribution in [0.15, 0.2) is 30.3 Å². The molecule has 0 fully saturated rings. The highest BCUT2D eigenvalue weighted by atomic mass is 19.3. The zero-order chi connectivity index (χ0) is 13.9. The summed E-state index contributed by atoms with van der Waals surface area (Å²) in [6.45, 7) is 2.95. The van der Waals surface area contributed by atoms with E-state index in [4.69, 9.17) is 4.74 Å². The van der Waals surface area contributed by atoms with E-state index in [1.54, 1.807) is 0 Å². The van der Waals surface area contributed by atoms with Gasteiger partial charge in [-0.2, -0.15) is 0 Å². The molecule has 108 valence electrons. The summed E-state index contributed by atoms with van der Waals surface area (Å²) in [7, 11) is 0. The van der Waals surface area contributed by atoms with Crippen LogP contribution in [0.4, 0.5) is 8.78 Å². The highest BCUT2D eigenvalue weighted by Gasteiger charge is 2.09. The van der Waals surface area contributed by atoms with Crippen molar-refractivity contribution in [3.05, 3.63) is 35.9 Å². The number of hydrogen-bond acceptors (Lipinski definition) is 2. The van der Waals surface area contributed by atoms with Crippen molar-refractivity contribution in [2.45, 2.75) is 38.7 Å². The fourth-order valence-corrected chi connectivity index (χ4v) is 1.92. The van der Waals surface area contributed by atoms with Crippen molar-refractivity contribution in [3.8, 4) is 0 Å². The van der Waals surface area contributed by atoms with E-state index in [1.807, 2.05) is 18.2 Å². The molecule has 1 aromatic carbocycles. The van der Waals surface area contributed by atoms with E-state index in [9.17, 15) is 8.78 Å². The molecule has 0 bridgehead atoms. The Kier molecular flexibility index (Phi) is 8.34. The summed E-state index contributed by atoms with van der Waals surface area (Å²) >= 11 is 0. The predicted molar refractivity (Wildman–Crippen MR) is 73.7 cm³/mol. The first-order valence-corrected chi connectivity index (χ1v) is 6.85. The fourth-order valence-electron chi connectivity index (χ4n) is 1.92. The molecule has 1 aromatic rings. The molecule has 0 heterocycles. The van der Waals surface area contributed by atoms with Crippen LogP contribution in [0.1, 0.15) is 25.3 Å². The van der Waals surface area contributed by atoms with Crippen molar-refractivity contribution in [2.75, 3.05) is 19.8 Å². The minimum Gasteiger partial charge on any atom is -0.375 e. The molecule has 0 saturated carbocycles. The maximum Gasteiger partial charge on any atom is 0.261 e. The average molecular weight is 271 g/mol. The number of halogens is 2. The van der Waals surface area contributed by atoms with Gasteiger partial charge in [0.25, 0.3) is 6.43 Å². The van der Waals surface area contributed by atoms with Gasteiger partial charge in [-0.15, -0.1) is 0 Å². The quantitative estimate of drug-likeness (QED) is 0.659. The van der Waals surface area contributed by atoms with Crippen LogP contribution < -0.4 is 5.32 Å². The van der Waals surface area contributed by atoms with Crippen LogP contribution >= 0.6 is 0 Å². The normalized spacial score (nSPS) is 12.8. The van der Waals surface area contributed by atoms with Crippen molar-refractivity contribution in [1.82, 2.24) is 5.32 Å². The summed E-state index contributed by atoms with van der Waals surface area (Å²) in [5.74, 6) is 0. The maximum atomic E-state index is 12.0. The third-order valence-corrected chi connectivity index (χ3v) is 2.86. The predicted octanol–water partition coefficient (Wildman–Crippen LogP) is 3.27. The molecule has 0 aliphatic heterocycles. The summed E-state index contributed by atoms with van der Waals surface area (Å²) in [5.41, 5.74) is 1.25. The summed E-state index contributed by atoms with van der Waals surface area (Å²) in [5, 5.41) is 3.44. The van der Waals surface area contributed by atoms with Crippen molar-refractivity contribution in [2.24, 2.45) is 0 Å². The van der Waals surface area contributed by atoms with Crippen molar-refractivity contribution in [1.29, 1.82) is 0 Å². The Labute approximate surface area is 114 Å². The first-order valence-electron chi connectivity index (χ1n) is 6.85. The molecule has 1 atom stereocenters. The summed E-state index contributed by atoms with van der Waals surface area (Å²) in [6.07, 6.45) is 0.333. The molecule has 19 heavy (non-hydrogen) atoms. The van der Waals surface area contributed by atoms with Crippen molar-refractivity contribution >= 4 is 0 Å². The zero-order valence-electron chi connectivity index (χ0n) is 11.4. The molecule has 0 radical (unpaired) electrons. The largest absolute Gasteiger partial charge is 0.375 e. The minimum absolute atomic E-state index is 0.278. The van der Waals surface area contributed by atoms with Crippen LogP contribution in [0.2, 0.25) is 0 Å². The summed E-state index contributed by atoms with van der Waals surface area (Å²) < 4.78 is 28.9. The first kappa shape index (κ1) is 16.1. The number of alkyl halides is 2. The second-order valence-electron chi connectivity index (χ2n) is 4.60. The molecule has 0 saturated heterocycles. The van der Waals surface area contributed by atoms with Gasteiger partial charge in [0.1, 0.15) is 6.61 Å². The van der Waals surface area contributed by atoms with E-state index in [-0.39, 0.29) is 6.04 Å². The van der Waals surface area contributed by atoms with Crippen LogP contribution in [0, 0.1) is 0 Å². The number of rotatable bonds is 10. The van der Waals surface area contributed by atoms with Gasteiger partial charge in [0.05, 0.1) is 0 Å². The van der Waals surface area contributed by atoms with Gasteiger partial charge >= 0.3 is 0 Å². The lowest BCUT2D eigenvalue weighted by Gasteiger charge is -2.18. The summed E-state index contributed by atoms with van der Waals surface area (Å²) in [6, 6.07) is 10.5. The smallest absolute Gasteiger partial charge is 0.261 e. The number of benzene rings is 1. The molecule has 0 amide bonds. The standard InChI is InChI=1S/C15H23F2NO/c1-2-9-18-14(8-10-19-12-15(16)17)11-13-6-4-3-5-7-13/h3-7,14-15,18H,2,8-12H2,1H3. The van der Waals surface area contributed by atoms with E-state index in [0.29, 0.717) is 6.61 Å².